The number of benzene rings is 1. The monoisotopic (exact) mass is 259 g/mol. The van der Waals surface area contributed by atoms with Gasteiger partial charge in [-0.25, -0.2) is 4.98 Å². The van der Waals surface area contributed by atoms with Crippen molar-refractivity contribution in [1.29, 1.82) is 5.26 Å². The molecule has 1 aliphatic rings. The molecule has 1 aliphatic heterocycles. The predicted octanol–water partition coefficient (Wildman–Crippen LogP) is 3.10. The van der Waals surface area contributed by atoms with E-state index in [0.29, 0.717) is 0 Å². The van der Waals surface area contributed by atoms with E-state index < -0.39 is 0 Å². The van der Waals surface area contributed by atoms with Gasteiger partial charge >= 0.3 is 0 Å². The van der Waals surface area contributed by atoms with Crippen LogP contribution in [0.3, 0.4) is 0 Å². The fraction of sp³-hybridized carbons (Fsp3) is 0.286. The van der Waals surface area contributed by atoms with Crippen molar-refractivity contribution in [2.45, 2.75) is 25.3 Å². The van der Waals surface area contributed by atoms with Gasteiger partial charge in [-0.05, 0) is 30.9 Å². The van der Waals surface area contributed by atoms with Gasteiger partial charge in [0.05, 0.1) is 24.0 Å². The second kappa shape index (κ2) is 5.24. The van der Waals surface area contributed by atoms with Crippen LogP contribution in [-0.2, 0) is 6.42 Å². The molecule has 1 atom stereocenters. The summed E-state index contributed by atoms with van der Waals surface area (Å²) in [4.78, 5) is 4.22. The summed E-state index contributed by atoms with van der Waals surface area (Å²) < 4.78 is 2.21. The number of nitriles is 1. The Hall–Kier alpha value is -1.79. The smallest absolute Gasteiger partial charge is 0.0995 e. The summed E-state index contributed by atoms with van der Waals surface area (Å²) in [7, 11) is 0. The quantitative estimate of drug-likeness (QED) is 0.790. The number of fused-ring (bicyclic) bond motifs is 1. The van der Waals surface area contributed by atoms with Crippen LogP contribution in [0, 0.1) is 11.3 Å². The topological polar surface area (TPSA) is 41.6 Å². The Morgan fingerprint density at radius 2 is 2.17 bits per heavy atom. The molecule has 0 amide bonds. The van der Waals surface area contributed by atoms with Gasteiger partial charge in [0, 0.05) is 11.9 Å². The Balaban J connectivity index is 0.00000120. The third-order valence-corrected chi connectivity index (χ3v) is 3.43. The molecule has 0 aliphatic carbocycles. The first kappa shape index (κ1) is 12.7. The molecule has 2 aromatic rings. The summed E-state index contributed by atoms with van der Waals surface area (Å²) in [5.41, 5.74) is 3.17. The number of imidazole rings is 1. The molecular weight excluding hydrogens is 246 g/mol. The second-order valence-corrected chi connectivity index (χ2v) is 4.40. The van der Waals surface area contributed by atoms with Crippen LogP contribution in [0.1, 0.15) is 35.7 Å². The van der Waals surface area contributed by atoms with Crippen LogP contribution < -0.4 is 0 Å². The number of halogens is 1. The lowest BCUT2D eigenvalue weighted by atomic mass is 9.93. The second-order valence-electron chi connectivity index (χ2n) is 4.40. The Bertz CT molecular complexity index is 583. The maximum Gasteiger partial charge on any atom is 0.0995 e. The molecule has 1 unspecified atom stereocenters. The zero-order valence-electron chi connectivity index (χ0n) is 9.91. The van der Waals surface area contributed by atoms with Gasteiger partial charge < -0.3 is 4.57 Å². The van der Waals surface area contributed by atoms with Crippen molar-refractivity contribution in [3.63, 3.8) is 0 Å². The van der Waals surface area contributed by atoms with Crippen molar-refractivity contribution in [2.75, 3.05) is 0 Å². The van der Waals surface area contributed by atoms with Crippen LogP contribution in [0.25, 0.3) is 0 Å². The summed E-state index contributed by atoms with van der Waals surface area (Å²) in [6.07, 6.45) is 7.15. The molecule has 0 spiro atoms. The minimum absolute atomic E-state index is 0. The summed E-state index contributed by atoms with van der Waals surface area (Å²) in [5.74, 6) is 0. The van der Waals surface area contributed by atoms with Gasteiger partial charge in [-0.3, -0.25) is 0 Å². The SMILES string of the molecule is Cl.N#Cc1ccccc1C1CCCc2cncn21. The van der Waals surface area contributed by atoms with Crippen molar-refractivity contribution >= 4 is 12.4 Å². The third kappa shape index (κ3) is 2.00. The Kier molecular flexibility index (Phi) is 3.69. The first-order valence-electron chi connectivity index (χ1n) is 5.90. The Labute approximate surface area is 112 Å². The number of nitrogens with zero attached hydrogens (tertiary/aromatic N) is 3. The lowest BCUT2D eigenvalue weighted by Gasteiger charge is -2.26. The molecule has 3 rings (SSSR count). The van der Waals surface area contributed by atoms with E-state index in [2.05, 4.69) is 21.7 Å². The summed E-state index contributed by atoms with van der Waals surface area (Å²) >= 11 is 0. The van der Waals surface area contributed by atoms with Gasteiger partial charge in [0.1, 0.15) is 0 Å². The summed E-state index contributed by atoms with van der Waals surface area (Å²) in [6, 6.07) is 10.4. The standard InChI is InChI=1S/C14H13N3.ClH/c15-8-11-4-1-2-6-13(11)14-7-3-5-12-9-16-10-17(12)14;/h1-2,4,6,9-10,14H,3,5,7H2;1H. The minimum Gasteiger partial charge on any atom is -0.327 e. The molecule has 4 heteroatoms. The zero-order chi connectivity index (χ0) is 11.7. The molecule has 18 heavy (non-hydrogen) atoms. The first-order chi connectivity index (χ1) is 8.40. The highest BCUT2D eigenvalue weighted by molar-refractivity contribution is 5.85. The van der Waals surface area contributed by atoms with E-state index in [1.54, 1.807) is 0 Å². The van der Waals surface area contributed by atoms with Gasteiger partial charge in [-0.15, -0.1) is 12.4 Å². The van der Waals surface area contributed by atoms with Crippen molar-refractivity contribution in [1.82, 2.24) is 9.55 Å². The molecule has 0 saturated carbocycles. The Morgan fingerprint density at radius 1 is 1.33 bits per heavy atom. The third-order valence-electron chi connectivity index (χ3n) is 3.43. The molecule has 0 fully saturated rings. The van der Waals surface area contributed by atoms with Crippen molar-refractivity contribution in [3.8, 4) is 6.07 Å². The molecule has 1 aromatic heterocycles. The molecule has 0 N–H and O–H groups in total. The Morgan fingerprint density at radius 3 is 3.00 bits per heavy atom. The van der Waals surface area contributed by atoms with Crippen LogP contribution in [-0.4, -0.2) is 9.55 Å². The molecule has 0 radical (unpaired) electrons. The van der Waals surface area contributed by atoms with Crippen LogP contribution in [0.5, 0.6) is 0 Å². The van der Waals surface area contributed by atoms with Crippen molar-refractivity contribution < 1.29 is 0 Å². The largest absolute Gasteiger partial charge is 0.327 e. The minimum atomic E-state index is 0. The fourth-order valence-corrected chi connectivity index (χ4v) is 2.62. The lowest BCUT2D eigenvalue weighted by molar-refractivity contribution is 0.457. The number of rotatable bonds is 1. The fourth-order valence-electron chi connectivity index (χ4n) is 2.62. The maximum atomic E-state index is 9.17. The molecule has 1 aromatic carbocycles. The maximum absolute atomic E-state index is 9.17. The van der Waals surface area contributed by atoms with E-state index in [-0.39, 0.29) is 18.4 Å². The van der Waals surface area contributed by atoms with Crippen LogP contribution in [0.15, 0.2) is 36.8 Å². The van der Waals surface area contributed by atoms with E-state index in [9.17, 15) is 5.26 Å². The van der Waals surface area contributed by atoms with E-state index in [4.69, 9.17) is 0 Å². The van der Waals surface area contributed by atoms with E-state index in [0.717, 1.165) is 30.4 Å². The number of aromatic nitrogens is 2. The molecule has 0 bridgehead atoms. The van der Waals surface area contributed by atoms with Crippen molar-refractivity contribution in [2.24, 2.45) is 0 Å². The molecule has 3 nitrogen and oxygen atoms in total. The van der Waals surface area contributed by atoms with Gasteiger partial charge in [0.15, 0.2) is 0 Å². The van der Waals surface area contributed by atoms with Gasteiger partial charge in [0.2, 0.25) is 0 Å². The van der Waals surface area contributed by atoms with E-state index in [1.165, 1.54) is 5.69 Å². The summed E-state index contributed by atoms with van der Waals surface area (Å²) in [6.45, 7) is 0. The average molecular weight is 260 g/mol. The van der Waals surface area contributed by atoms with E-state index >= 15 is 0 Å². The number of hydrogen-bond donors (Lipinski definition) is 0. The lowest BCUT2D eigenvalue weighted by Crippen LogP contribution is -2.18. The first-order valence-corrected chi connectivity index (χ1v) is 5.90. The molecule has 2 heterocycles. The highest BCUT2D eigenvalue weighted by Gasteiger charge is 2.22. The highest BCUT2D eigenvalue weighted by atomic mass is 35.5. The number of hydrogen-bond acceptors (Lipinski definition) is 2. The van der Waals surface area contributed by atoms with Crippen LogP contribution in [0.4, 0.5) is 0 Å². The number of aryl methyl sites for hydroxylation is 1. The normalized spacial score (nSPS) is 17.4. The van der Waals surface area contributed by atoms with Crippen LogP contribution >= 0.6 is 12.4 Å². The van der Waals surface area contributed by atoms with Gasteiger partial charge in [-0.1, -0.05) is 18.2 Å². The van der Waals surface area contributed by atoms with Gasteiger partial charge in [0.25, 0.3) is 0 Å². The predicted molar refractivity (Wildman–Crippen MR) is 71.7 cm³/mol. The molecule has 92 valence electrons. The average Bonchev–Trinajstić information content (AvgIpc) is 2.86. The highest BCUT2D eigenvalue weighted by Crippen LogP contribution is 2.31. The van der Waals surface area contributed by atoms with E-state index in [1.807, 2.05) is 30.7 Å². The zero-order valence-corrected chi connectivity index (χ0v) is 10.7. The van der Waals surface area contributed by atoms with Crippen LogP contribution in [0.2, 0.25) is 0 Å². The molecular formula is C14H14ClN3. The van der Waals surface area contributed by atoms with Crippen molar-refractivity contribution in [3.05, 3.63) is 53.6 Å². The molecule has 0 saturated heterocycles. The van der Waals surface area contributed by atoms with Gasteiger partial charge in [-0.2, -0.15) is 5.26 Å². The summed E-state index contributed by atoms with van der Waals surface area (Å²) in [5, 5.41) is 9.17.